The molecule has 0 amide bonds. The molecule has 0 radical (unpaired) electrons. The largest absolute Gasteiger partial charge is 0.481 e. The van der Waals surface area contributed by atoms with Gasteiger partial charge in [0.25, 0.3) is 0 Å². The van der Waals surface area contributed by atoms with Gasteiger partial charge >= 0.3 is 5.97 Å². The summed E-state index contributed by atoms with van der Waals surface area (Å²) < 4.78 is 10.2. The lowest BCUT2D eigenvalue weighted by Gasteiger charge is -1.99. The van der Waals surface area contributed by atoms with Crippen molar-refractivity contribution in [2.45, 2.75) is 6.92 Å². The highest BCUT2D eigenvalue weighted by Crippen LogP contribution is 2.32. The quantitative estimate of drug-likeness (QED) is 0.891. The lowest BCUT2D eigenvalue weighted by molar-refractivity contribution is 0.0697. The Labute approximate surface area is 112 Å². The first-order chi connectivity index (χ1) is 9.15. The van der Waals surface area contributed by atoms with E-state index in [4.69, 9.17) is 14.6 Å². The van der Waals surface area contributed by atoms with Crippen molar-refractivity contribution in [3.63, 3.8) is 0 Å². The van der Waals surface area contributed by atoms with Crippen LogP contribution in [0.1, 0.15) is 16.6 Å². The van der Waals surface area contributed by atoms with Crippen LogP contribution in [0.3, 0.4) is 0 Å². The number of methoxy groups -OCH3 is 1. The van der Waals surface area contributed by atoms with Crippen molar-refractivity contribution >= 4 is 17.3 Å². The third kappa shape index (κ3) is 2.79. The fourth-order valence-corrected chi connectivity index (χ4v) is 2.17. The Balaban J connectivity index is 2.44. The van der Waals surface area contributed by atoms with Crippen LogP contribution >= 0.6 is 11.3 Å². The van der Waals surface area contributed by atoms with Crippen LogP contribution in [0.5, 0.6) is 11.8 Å². The average Bonchev–Trinajstić information content (AvgIpc) is 2.83. The number of hydrogen-bond acceptors (Lipinski definition) is 7. The molecular weight excluding hydrogens is 270 g/mol. The zero-order chi connectivity index (χ0) is 13.8. The summed E-state index contributed by atoms with van der Waals surface area (Å²) in [7, 11) is 1.49. The second-order valence-electron chi connectivity index (χ2n) is 3.34. The van der Waals surface area contributed by atoms with E-state index in [2.05, 4.69) is 15.0 Å². The molecule has 0 aliphatic rings. The van der Waals surface area contributed by atoms with Crippen molar-refractivity contribution < 1.29 is 19.4 Å². The molecule has 2 aromatic heterocycles. The molecule has 0 unspecified atom stereocenters. The molecule has 8 heteroatoms. The number of aromatic carboxylic acids is 1. The van der Waals surface area contributed by atoms with Crippen LogP contribution in [-0.4, -0.2) is 39.7 Å². The Kier molecular flexibility index (Phi) is 3.91. The summed E-state index contributed by atoms with van der Waals surface area (Å²) in [6.45, 7) is 2.11. The predicted molar refractivity (Wildman–Crippen MR) is 67.8 cm³/mol. The third-order valence-corrected chi connectivity index (χ3v) is 3.19. The fraction of sp³-hybridized carbons (Fsp3) is 0.273. The van der Waals surface area contributed by atoms with E-state index in [9.17, 15) is 4.79 Å². The van der Waals surface area contributed by atoms with Gasteiger partial charge in [0.2, 0.25) is 11.8 Å². The number of aromatic nitrogens is 3. The maximum atomic E-state index is 11.1. The zero-order valence-electron chi connectivity index (χ0n) is 10.3. The van der Waals surface area contributed by atoms with E-state index < -0.39 is 5.97 Å². The second-order valence-corrected chi connectivity index (χ2v) is 4.34. The zero-order valence-corrected chi connectivity index (χ0v) is 11.1. The van der Waals surface area contributed by atoms with E-state index in [1.165, 1.54) is 13.4 Å². The van der Waals surface area contributed by atoms with Crippen molar-refractivity contribution in [2.75, 3.05) is 13.7 Å². The second kappa shape index (κ2) is 5.61. The predicted octanol–water partition coefficient (Wildman–Crippen LogP) is 1.71. The van der Waals surface area contributed by atoms with Gasteiger partial charge < -0.3 is 14.6 Å². The summed E-state index contributed by atoms with van der Waals surface area (Å²) in [5.41, 5.74) is 0.491. The Morgan fingerprint density at radius 2 is 2.26 bits per heavy atom. The first-order valence-corrected chi connectivity index (χ1v) is 6.20. The van der Waals surface area contributed by atoms with Gasteiger partial charge in [-0.2, -0.15) is 4.98 Å². The van der Waals surface area contributed by atoms with Crippen molar-refractivity contribution in [3.05, 3.63) is 17.3 Å². The molecule has 0 aliphatic carbocycles. The maximum absolute atomic E-state index is 11.1. The Morgan fingerprint density at radius 3 is 2.89 bits per heavy atom. The van der Waals surface area contributed by atoms with Crippen molar-refractivity contribution in [2.24, 2.45) is 0 Å². The van der Waals surface area contributed by atoms with Crippen LogP contribution in [0.2, 0.25) is 0 Å². The van der Waals surface area contributed by atoms with Crippen LogP contribution in [-0.2, 0) is 0 Å². The first-order valence-electron chi connectivity index (χ1n) is 5.39. The van der Waals surface area contributed by atoms with E-state index in [1.54, 1.807) is 13.0 Å². The van der Waals surface area contributed by atoms with E-state index in [0.717, 1.165) is 11.3 Å². The van der Waals surface area contributed by atoms with Crippen molar-refractivity contribution in [1.29, 1.82) is 0 Å². The number of carboxylic acid groups (broad SMARTS) is 1. The van der Waals surface area contributed by atoms with Gasteiger partial charge in [-0.25, -0.2) is 14.8 Å². The molecule has 100 valence electrons. The van der Waals surface area contributed by atoms with Gasteiger partial charge in [-0.1, -0.05) is 0 Å². The van der Waals surface area contributed by atoms with E-state index in [0.29, 0.717) is 23.2 Å². The van der Waals surface area contributed by atoms with Gasteiger partial charge in [-0.15, -0.1) is 11.3 Å². The molecule has 1 N–H and O–H groups in total. The number of thiazole rings is 1. The van der Waals surface area contributed by atoms with Crippen LogP contribution in [0.4, 0.5) is 0 Å². The summed E-state index contributed by atoms with van der Waals surface area (Å²) in [4.78, 5) is 23.2. The van der Waals surface area contributed by atoms with Crippen LogP contribution in [0, 0.1) is 0 Å². The van der Waals surface area contributed by atoms with E-state index >= 15 is 0 Å². The van der Waals surface area contributed by atoms with E-state index in [1.807, 2.05) is 0 Å². The highest BCUT2D eigenvalue weighted by molar-refractivity contribution is 7.17. The van der Waals surface area contributed by atoms with Gasteiger partial charge in [0.1, 0.15) is 17.0 Å². The highest BCUT2D eigenvalue weighted by atomic mass is 32.1. The number of rotatable bonds is 5. The van der Waals surface area contributed by atoms with Crippen LogP contribution in [0.25, 0.3) is 10.7 Å². The number of carbonyl (C=O) groups is 1. The van der Waals surface area contributed by atoms with Gasteiger partial charge in [-0.3, -0.25) is 0 Å². The van der Waals surface area contributed by atoms with Gasteiger partial charge in [0, 0.05) is 6.07 Å². The Hall–Kier alpha value is -2.22. The van der Waals surface area contributed by atoms with Crippen LogP contribution in [0.15, 0.2) is 12.4 Å². The SMILES string of the molecule is CCOc1nc(-c2cc(OC)ncn2)sc1C(=O)O. The van der Waals surface area contributed by atoms with Crippen LogP contribution < -0.4 is 9.47 Å². The lowest BCUT2D eigenvalue weighted by Crippen LogP contribution is -1.99. The number of hydrogen-bond donors (Lipinski definition) is 1. The molecule has 2 heterocycles. The summed E-state index contributed by atoms with van der Waals surface area (Å²) >= 11 is 0.998. The lowest BCUT2D eigenvalue weighted by atomic mass is 10.4. The molecule has 19 heavy (non-hydrogen) atoms. The smallest absolute Gasteiger partial charge is 0.351 e. The molecule has 0 bridgehead atoms. The molecule has 2 rings (SSSR count). The number of nitrogens with zero attached hydrogens (tertiary/aromatic N) is 3. The monoisotopic (exact) mass is 281 g/mol. The molecule has 7 nitrogen and oxygen atoms in total. The van der Waals surface area contributed by atoms with Gasteiger partial charge in [-0.05, 0) is 6.92 Å². The number of carboxylic acids is 1. The minimum atomic E-state index is -1.08. The minimum Gasteiger partial charge on any atom is -0.481 e. The van der Waals surface area contributed by atoms with Gasteiger partial charge in [0.05, 0.1) is 13.7 Å². The molecule has 0 saturated carbocycles. The molecule has 0 saturated heterocycles. The van der Waals surface area contributed by atoms with E-state index in [-0.39, 0.29) is 10.8 Å². The first kappa shape index (κ1) is 13.2. The molecule has 0 aliphatic heterocycles. The average molecular weight is 281 g/mol. The fourth-order valence-electron chi connectivity index (χ4n) is 1.35. The van der Waals surface area contributed by atoms with Crippen molar-refractivity contribution in [1.82, 2.24) is 15.0 Å². The molecule has 2 aromatic rings. The Morgan fingerprint density at radius 1 is 1.47 bits per heavy atom. The third-order valence-electron chi connectivity index (χ3n) is 2.14. The maximum Gasteiger partial charge on any atom is 0.351 e. The Bertz CT molecular complexity index is 599. The molecule has 0 aromatic carbocycles. The molecular formula is C11H11N3O4S. The molecule has 0 atom stereocenters. The topological polar surface area (TPSA) is 94.4 Å². The summed E-state index contributed by atoms with van der Waals surface area (Å²) in [6.07, 6.45) is 1.33. The normalized spacial score (nSPS) is 10.2. The molecule has 0 fully saturated rings. The van der Waals surface area contributed by atoms with Crippen molar-refractivity contribution in [3.8, 4) is 22.5 Å². The number of ether oxygens (including phenoxy) is 2. The summed E-state index contributed by atoms with van der Waals surface area (Å²) in [5, 5.41) is 9.53. The minimum absolute atomic E-state index is 0.0504. The van der Waals surface area contributed by atoms with Gasteiger partial charge in [0.15, 0.2) is 4.88 Å². The summed E-state index contributed by atoms with van der Waals surface area (Å²) in [5.74, 6) is -0.587. The summed E-state index contributed by atoms with van der Waals surface area (Å²) in [6, 6.07) is 1.58. The highest BCUT2D eigenvalue weighted by Gasteiger charge is 2.20. The standard InChI is InChI=1S/C11H11N3O4S/c1-3-18-9-8(11(15)16)19-10(14-9)6-4-7(17-2)13-5-12-6/h4-5H,3H2,1-2H3,(H,15,16). The molecule has 0 spiro atoms.